The van der Waals surface area contributed by atoms with Crippen molar-refractivity contribution < 1.29 is 14.3 Å². The Morgan fingerprint density at radius 2 is 1.86 bits per heavy atom. The van der Waals surface area contributed by atoms with E-state index >= 15 is 0 Å². The lowest BCUT2D eigenvalue weighted by atomic mass is 9.91. The van der Waals surface area contributed by atoms with Crippen molar-refractivity contribution in [2.24, 2.45) is 0 Å². The summed E-state index contributed by atoms with van der Waals surface area (Å²) < 4.78 is 7.58. The summed E-state index contributed by atoms with van der Waals surface area (Å²) in [5.41, 5.74) is 1.24. The molecule has 1 aliphatic heterocycles. The zero-order valence-electron chi connectivity index (χ0n) is 21.7. The Labute approximate surface area is 209 Å². The molecule has 2 aromatic rings. The molecule has 0 saturated heterocycles. The van der Waals surface area contributed by atoms with Crippen molar-refractivity contribution in [3.8, 4) is 5.75 Å². The summed E-state index contributed by atoms with van der Waals surface area (Å²) in [6, 6.07) is 9.78. The van der Waals surface area contributed by atoms with Crippen LogP contribution in [0.15, 0.2) is 30.3 Å². The maximum Gasteiger partial charge on any atom is 0.273 e. The number of carbonyl (C=O) groups excluding carboxylic acids is 2. The fourth-order valence-electron chi connectivity index (χ4n) is 5.23. The van der Waals surface area contributed by atoms with E-state index in [1.807, 2.05) is 44.2 Å². The van der Waals surface area contributed by atoms with Crippen molar-refractivity contribution in [2.45, 2.75) is 103 Å². The lowest BCUT2D eigenvalue weighted by Gasteiger charge is -2.44. The Morgan fingerprint density at radius 1 is 1.17 bits per heavy atom. The van der Waals surface area contributed by atoms with Gasteiger partial charge in [0.15, 0.2) is 0 Å². The number of hydrogen-bond acceptors (Lipinski definition) is 4. The van der Waals surface area contributed by atoms with E-state index in [1.165, 1.54) is 19.3 Å². The number of ether oxygens (including phenoxy) is 1. The van der Waals surface area contributed by atoms with Gasteiger partial charge in [-0.3, -0.25) is 14.3 Å². The van der Waals surface area contributed by atoms with Gasteiger partial charge >= 0.3 is 0 Å². The summed E-state index contributed by atoms with van der Waals surface area (Å²) in [5, 5.41) is 8.03. The van der Waals surface area contributed by atoms with Gasteiger partial charge in [0.1, 0.15) is 17.0 Å². The highest BCUT2D eigenvalue weighted by Crippen LogP contribution is 2.33. The van der Waals surface area contributed by atoms with Crippen LogP contribution in [0, 0.1) is 0 Å². The molecular weight excluding hydrogens is 440 g/mol. The van der Waals surface area contributed by atoms with E-state index < -0.39 is 5.54 Å². The maximum atomic E-state index is 13.9. The molecule has 190 valence electrons. The summed E-state index contributed by atoms with van der Waals surface area (Å²) in [4.78, 5) is 29.5. The van der Waals surface area contributed by atoms with E-state index in [1.54, 1.807) is 9.58 Å². The molecule has 1 aliphatic carbocycles. The van der Waals surface area contributed by atoms with Gasteiger partial charge in [-0.25, -0.2) is 0 Å². The van der Waals surface area contributed by atoms with Crippen molar-refractivity contribution in [2.75, 3.05) is 6.61 Å². The van der Waals surface area contributed by atoms with E-state index in [-0.39, 0.29) is 23.8 Å². The third kappa shape index (κ3) is 5.39. The van der Waals surface area contributed by atoms with Crippen LogP contribution in [0.1, 0.15) is 100 Å². The fraction of sp³-hybridized carbons (Fsp3) is 0.607. The third-order valence-electron chi connectivity index (χ3n) is 7.44. The molecule has 1 saturated carbocycles. The molecule has 4 rings (SSSR count). The predicted molar refractivity (Wildman–Crippen MR) is 136 cm³/mol. The molecule has 0 spiro atoms. The molecule has 2 amide bonds. The summed E-state index contributed by atoms with van der Waals surface area (Å²) in [5.74, 6) is 0.672. The quantitative estimate of drug-likeness (QED) is 0.602. The minimum Gasteiger partial charge on any atom is -0.494 e. The van der Waals surface area contributed by atoms with Gasteiger partial charge in [-0.2, -0.15) is 5.10 Å². The van der Waals surface area contributed by atoms with Gasteiger partial charge in [0, 0.05) is 11.6 Å². The topological polar surface area (TPSA) is 76.5 Å². The molecule has 1 atom stereocenters. The van der Waals surface area contributed by atoms with E-state index in [0.717, 1.165) is 42.7 Å². The number of fused-ring (bicyclic) bond motifs is 1. The van der Waals surface area contributed by atoms with Gasteiger partial charge in [0.05, 0.1) is 25.4 Å². The Hall–Kier alpha value is -2.83. The van der Waals surface area contributed by atoms with E-state index in [9.17, 15) is 9.59 Å². The first-order valence-corrected chi connectivity index (χ1v) is 13.2. The molecule has 1 aromatic heterocycles. The number of amides is 2. The van der Waals surface area contributed by atoms with Crippen molar-refractivity contribution in [3.05, 3.63) is 47.3 Å². The zero-order chi connectivity index (χ0) is 25.0. The lowest BCUT2D eigenvalue weighted by Crippen LogP contribution is -2.64. The van der Waals surface area contributed by atoms with Gasteiger partial charge in [0.25, 0.3) is 5.91 Å². The van der Waals surface area contributed by atoms with E-state index in [4.69, 9.17) is 9.84 Å². The van der Waals surface area contributed by atoms with E-state index in [0.29, 0.717) is 25.4 Å². The van der Waals surface area contributed by atoms with Gasteiger partial charge < -0.3 is 15.0 Å². The highest BCUT2D eigenvalue weighted by Gasteiger charge is 2.48. The smallest absolute Gasteiger partial charge is 0.273 e. The Bertz CT molecular complexity index is 1040. The number of benzene rings is 1. The molecule has 1 aromatic carbocycles. The predicted octanol–water partition coefficient (Wildman–Crippen LogP) is 5.05. The monoisotopic (exact) mass is 480 g/mol. The fourth-order valence-corrected chi connectivity index (χ4v) is 5.23. The number of nitrogens with zero attached hydrogens (tertiary/aromatic N) is 3. The summed E-state index contributed by atoms with van der Waals surface area (Å²) >= 11 is 0. The Morgan fingerprint density at radius 3 is 2.54 bits per heavy atom. The first kappa shape index (κ1) is 25.3. The van der Waals surface area contributed by atoms with Crippen molar-refractivity contribution in [1.29, 1.82) is 0 Å². The van der Waals surface area contributed by atoms with Crippen LogP contribution in [0.4, 0.5) is 0 Å². The second-order valence-electron chi connectivity index (χ2n) is 10.5. The molecule has 1 unspecified atom stereocenters. The number of rotatable bonds is 7. The van der Waals surface area contributed by atoms with E-state index in [2.05, 4.69) is 19.2 Å². The highest BCUT2D eigenvalue weighted by molar-refractivity contribution is 5.99. The molecular formula is C28H40N4O3. The maximum absolute atomic E-state index is 13.9. The molecule has 1 N–H and O–H groups in total. The second-order valence-corrected chi connectivity index (χ2v) is 10.5. The second kappa shape index (κ2) is 10.8. The number of para-hydroxylation sites is 1. The largest absolute Gasteiger partial charge is 0.494 e. The molecule has 7 nitrogen and oxygen atoms in total. The van der Waals surface area contributed by atoms with Crippen LogP contribution in [0.25, 0.3) is 0 Å². The van der Waals surface area contributed by atoms with Crippen molar-refractivity contribution in [3.63, 3.8) is 0 Å². The van der Waals surface area contributed by atoms with Gasteiger partial charge in [-0.1, -0.05) is 64.2 Å². The Kier molecular flexibility index (Phi) is 7.82. The standard InChI is InChI=1S/C28H40N4O3/c1-5-35-25-16-12-11-13-21(25)18-31-26(33)24-17-23(20(2)3)30-32(24)19-28(31,4)27(34)29-22-14-9-7-6-8-10-15-22/h11-13,16-17,20,22H,5-10,14-15,18-19H2,1-4H3,(H,29,34). The van der Waals surface area contributed by atoms with Gasteiger partial charge in [-0.05, 0) is 44.7 Å². The van der Waals surface area contributed by atoms with Crippen LogP contribution in [-0.2, 0) is 17.9 Å². The van der Waals surface area contributed by atoms with Crippen molar-refractivity contribution >= 4 is 11.8 Å². The lowest BCUT2D eigenvalue weighted by molar-refractivity contribution is -0.134. The molecule has 35 heavy (non-hydrogen) atoms. The van der Waals surface area contributed by atoms with Crippen LogP contribution in [0.3, 0.4) is 0 Å². The number of nitrogens with one attached hydrogen (secondary N) is 1. The number of aromatic nitrogens is 2. The number of carbonyl (C=O) groups is 2. The molecule has 2 heterocycles. The van der Waals surface area contributed by atoms with Gasteiger partial charge in [-0.15, -0.1) is 0 Å². The third-order valence-corrected chi connectivity index (χ3v) is 7.44. The first-order valence-electron chi connectivity index (χ1n) is 13.2. The molecule has 0 bridgehead atoms. The minimum absolute atomic E-state index is 0.0995. The average molecular weight is 481 g/mol. The highest BCUT2D eigenvalue weighted by atomic mass is 16.5. The summed E-state index contributed by atoms with van der Waals surface area (Å²) in [7, 11) is 0. The summed E-state index contributed by atoms with van der Waals surface area (Å²) in [6.07, 6.45) is 7.97. The molecule has 2 aliphatic rings. The van der Waals surface area contributed by atoms with Crippen LogP contribution in [0.5, 0.6) is 5.75 Å². The number of hydrogen-bond donors (Lipinski definition) is 1. The van der Waals surface area contributed by atoms with Crippen LogP contribution < -0.4 is 10.1 Å². The Balaban J connectivity index is 1.68. The minimum atomic E-state index is -1.06. The average Bonchev–Trinajstić information content (AvgIpc) is 3.24. The van der Waals surface area contributed by atoms with Crippen LogP contribution in [-0.4, -0.2) is 44.7 Å². The molecule has 0 radical (unpaired) electrons. The zero-order valence-corrected chi connectivity index (χ0v) is 21.7. The molecule has 7 heteroatoms. The van der Waals surface area contributed by atoms with Crippen LogP contribution >= 0.6 is 0 Å². The first-order chi connectivity index (χ1) is 16.8. The van der Waals surface area contributed by atoms with Crippen LogP contribution in [0.2, 0.25) is 0 Å². The summed E-state index contributed by atoms with van der Waals surface area (Å²) in [6.45, 7) is 9.12. The van der Waals surface area contributed by atoms with Gasteiger partial charge in [0.2, 0.25) is 5.91 Å². The van der Waals surface area contributed by atoms with Crippen molar-refractivity contribution in [1.82, 2.24) is 20.0 Å². The SMILES string of the molecule is CCOc1ccccc1CN1C(=O)c2cc(C(C)C)nn2CC1(C)C(=O)NC1CCCCCCC1. The normalized spacial score (nSPS) is 21.4. The molecule has 1 fully saturated rings.